The number of fused-ring (bicyclic) bond motifs is 1. The number of carbonyl (C=O) groups excluding carboxylic acids is 1. The van der Waals surface area contributed by atoms with Gasteiger partial charge in [0.2, 0.25) is 0 Å². The molecule has 2 aromatic heterocycles. The summed E-state index contributed by atoms with van der Waals surface area (Å²) < 4.78 is 1.82. The number of aryl methyl sites for hydroxylation is 1. The van der Waals surface area contributed by atoms with Crippen LogP contribution in [0.25, 0.3) is 0 Å². The normalized spacial score (nSPS) is 14.9. The molecule has 8 heteroatoms. The molecule has 1 aliphatic heterocycles. The first kappa shape index (κ1) is 12.7. The lowest BCUT2D eigenvalue weighted by Crippen LogP contribution is -2.31. The second kappa shape index (κ2) is 4.97. The van der Waals surface area contributed by atoms with Crippen molar-refractivity contribution in [1.82, 2.24) is 24.6 Å². The lowest BCUT2D eigenvalue weighted by Gasteiger charge is -2.18. The standard InChI is InChI=1S/C12H15N5O3/c18-7-8-4-9-6-16(2-1-3-17(9)15-8)11(19)10-5-13-12(20)14-10/h4-5,18H,1-3,6-7H2,(H2,13,14,20). The van der Waals surface area contributed by atoms with Gasteiger partial charge in [-0.2, -0.15) is 5.10 Å². The summed E-state index contributed by atoms with van der Waals surface area (Å²) in [6.07, 6.45) is 2.16. The predicted molar refractivity (Wildman–Crippen MR) is 68.9 cm³/mol. The van der Waals surface area contributed by atoms with Gasteiger partial charge in [-0.1, -0.05) is 0 Å². The molecule has 20 heavy (non-hydrogen) atoms. The number of hydrogen-bond donors (Lipinski definition) is 3. The summed E-state index contributed by atoms with van der Waals surface area (Å²) in [5, 5.41) is 13.4. The van der Waals surface area contributed by atoms with Gasteiger partial charge in [-0.15, -0.1) is 0 Å². The number of aliphatic hydroxyl groups excluding tert-OH is 1. The summed E-state index contributed by atoms with van der Waals surface area (Å²) in [7, 11) is 0. The molecule has 0 fully saturated rings. The van der Waals surface area contributed by atoms with Crippen LogP contribution in [-0.4, -0.2) is 42.2 Å². The van der Waals surface area contributed by atoms with Crippen molar-refractivity contribution in [2.45, 2.75) is 26.1 Å². The van der Waals surface area contributed by atoms with Gasteiger partial charge in [0.1, 0.15) is 5.69 Å². The molecule has 1 aliphatic rings. The van der Waals surface area contributed by atoms with E-state index in [1.807, 2.05) is 4.68 Å². The van der Waals surface area contributed by atoms with E-state index >= 15 is 0 Å². The molecular formula is C12H15N5O3. The Labute approximate surface area is 114 Å². The zero-order valence-corrected chi connectivity index (χ0v) is 10.8. The Balaban J connectivity index is 1.84. The second-order valence-electron chi connectivity index (χ2n) is 4.75. The molecule has 0 unspecified atom stereocenters. The molecule has 106 valence electrons. The highest BCUT2D eigenvalue weighted by Gasteiger charge is 2.22. The maximum atomic E-state index is 12.3. The van der Waals surface area contributed by atoms with E-state index in [1.165, 1.54) is 6.20 Å². The molecule has 8 nitrogen and oxygen atoms in total. The molecule has 0 bridgehead atoms. The fourth-order valence-electron chi connectivity index (χ4n) is 2.39. The molecule has 0 aliphatic carbocycles. The van der Waals surface area contributed by atoms with Crippen LogP contribution in [0.15, 0.2) is 17.1 Å². The van der Waals surface area contributed by atoms with E-state index in [9.17, 15) is 9.59 Å². The number of nitrogens with one attached hydrogen (secondary N) is 2. The van der Waals surface area contributed by atoms with Gasteiger partial charge in [-0.25, -0.2) is 4.79 Å². The second-order valence-corrected chi connectivity index (χ2v) is 4.75. The fourth-order valence-corrected chi connectivity index (χ4v) is 2.39. The van der Waals surface area contributed by atoms with Gasteiger partial charge in [0.05, 0.1) is 24.5 Å². The Morgan fingerprint density at radius 2 is 2.30 bits per heavy atom. The van der Waals surface area contributed by atoms with Crippen molar-refractivity contribution in [1.29, 1.82) is 0 Å². The molecule has 0 atom stereocenters. The predicted octanol–water partition coefficient (Wildman–Crippen LogP) is -0.562. The van der Waals surface area contributed by atoms with Gasteiger partial charge in [-0.05, 0) is 12.5 Å². The van der Waals surface area contributed by atoms with E-state index < -0.39 is 5.69 Å². The maximum absolute atomic E-state index is 12.3. The van der Waals surface area contributed by atoms with E-state index in [-0.39, 0.29) is 18.2 Å². The highest BCUT2D eigenvalue weighted by molar-refractivity contribution is 5.92. The summed E-state index contributed by atoms with van der Waals surface area (Å²) in [6, 6.07) is 1.80. The van der Waals surface area contributed by atoms with E-state index in [0.717, 1.165) is 12.1 Å². The van der Waals surface area contributed by atoms with Gasteiger partial charge >= 0.3 is 5.69 Å². The Bertz CT molecular complexity index is 683. The highest BCUT2D eigenvalue weighted by Crippen LogP contribution is 2.15. The zero-order valence-electron chi connectivity index (χ0n) is 10.8. The monoisotopic (exact) mass is 277 g/mol. The molecule has 1 amide bonds. The van der Waals surface area contributed by atoms with Crippen molar-refractivity contribution in [3.63, 3.8) is 0 Å². The summed E-state index contributed by atoms with van der Waals surface area (Å²) in [4.78, 5) is 29.9. The number of rotatable bonds is 2. The molecular weight excluding hydrogens is 262 g/mol. The third-order valence-electron chi connectivity index (χ3n) is 3.34. The first-order chi connectivity index (χ1) is 9.67. The smallest absolute Gasteiger partial charge is 0.323 e. The van der Waals surface area contributed by atoms with Crippen LogP contribution in [0.5, 0.6) is 0 Å². The van der Waals surface area contributed by atoms with E-state index in [4.69, 9.17) is 5.11 Å². The third-order valence-corrected chi connectivity index (χ3v) is 3.34. The number of carbonyl (C=O) groups is 1. The van der Waals surface area contributed by atoms with Gasteiger partial charge in [0, 0.05) is 19.3 Å². The highest BCUT2D eigenvalue weighted by atomic mass is 16.3. The molecule has 3 rings (SSSR count). The zero-order chi connectivity index (χ0) is 14.1. The topological polar surface area (TPSA) is 107 Å². The van der Waals surface area contributed by atoms with Crippen molar-refractivity contribution in [2.75, 3.05) is 6.54 Å². The quantitative estimate of drug-likeness (QED) is 0.683. The van der Waals surface area contributed by atoms with Crippen molar-refractivity contribution in [3.05, 3.63) is 39.8 Å². The number of hydrogen-bond acceptors (Lipinski definition) is 4. The Morgan fingerprint density at radius 1 is 1.45 bits per heavy atom. The van der Waals surface area contributed by atoms with Crippen LogP contribution in [0.4, 0.5) is 0 Å². The average Bonchev–Trinajstić information content (AvgIpc) is 2.99. The molecule has 0 saturated carbocycles. The molecule has 0 aromatic carbocycles. The van der Waals surface area contributed by atoms with Crippen LogP contribution in [0.2, 0.25) is 0 Å². The summed E-state index contributed by atoms with van der Waals surface area (Å²) >= 11 is 0. The number of aliphatic hydroxyl groups is 1. The van der Waals surface area contributed by atoms with E-state index in [1.54, 1.807) is 11.0 Å². The average molecular weight is 277 g/mol. The first-order valence-corrected chi connectivity index (χ1v) is 6.41. The molecule has 0 radical (unpaired) electrons. The molecule has 0 spiro atoms. The van der Waals surface area contributed by atoms with Crippen LogP contribution in [0.3, 0.4) is 0 Å². The van der Waals surface area contributed by atoms with E-state index in [2.05, 4.69) is 15.1 Å². The fraction of sp³-hybridized carbons (Fsp3) is 0.417. The largest absolute Gasteiger partial charge is 0.390 e. The van der Waals surface area contributed by atoms with E-state index in [0.29, 0.717) is 25.3 Å². The lowest BCUT2D eigenvalue weighted by molar-refractivity contribution is 0.0740. The first-order valence-electron chi connectivity index (χ1n) is 6.41. The molecule has 3 heterocycles. The summed E-state index contributed by atoms with van der Waals surface area (Å²) in [5.41, 5.74) is 1.35. The Hall–Kier alpha value is -2.35. The van der Waals surface area contributed by atoms with Crippen molar-refractivity contribution in [2.24, 2.45) is 0 Å². The number of H-pyrrole nitrogens is 2. The molecule has 0 saturated heterocycles. The van der Waals surface area contributed by atoms with Gasteiger partial charge in [0.15, 0.2) is 0 Å². The SMILES string of the molecule is O=C(c1c[nH]c(=O)[nH]1)N1CCCn2nc(CO)cc2C1. The van der Waals surface area contributed by atoms with Crippen molar-refractivity contribution >= 4 is 5.91 Å². The van der Waals surface area contributed by atoms with Crippen molar-refractivity contribution in [3.8, 4) is 0 Å². The minimum absolute atomic E-state index is 0.112. The van der Waals surface area contributed by atoms with Crippen LogP contribution in [0.1, 0.15) is 28.3 Å². The summed E-state index contributed by atoms with van der Waals surface area (Å²) in [5.74, 6) is -0.219. The molecule has 2 aromatic rings. The number of aromatic amines is 2. The lowest BCUT2D eigenvalue weighted by atomic mass is 10.3. The molecule has 3 N–H and O–H groups in total. The van der Waals surface area contributed by atoms with Crippen molar-refractivity contribution < 1.29 is 9.90 Å². The minimum Gasteiger partial charge on any atom is -0.390 e. The van der Waals surface area contributed by atoms with Crippen LogP contribution in [0, 0.1) is 0 Å². The third kappa shape index (κ3) is 2.25. The van der Waals surface area contributed by atoms with Gasteiger partial charge in [0.25, 0.3) is 5.91 Å². The Kier molecular flexibility index (Phi) is 3.15. The van der Waals surface area contributed by atoms with Crippen LogP contribution in [-0.2, 0) is 19.7 Å². The van der Waals surface area contributed by atoms with Crippen LogP contribution < -0.4 is 5.69 Å². The number of imidazole rings is 1. The van der Waals surface area contributed by atoms with Gasteiger partial charge < -0.3 is 20.0 Å². The number of amides is 1. The van der Waals surface area contributed by atoms with Crippen LogP contribution >= 0.6 is 0 Å². The minimum atomic E-state index is -0.393. The maximum Gasteiger partial charge on any atom is 0.323 e. The number of nitrogens with zero attached hydrogens (tertiary/aromatic N) is 3. The Morgan fingerprint density at radius 3 is 3.00 bits per heavy atom. The van der Waals surface area contributed by atoms with Gasteiger partial charge in [-0.3, -0.25) is 9.48 Å². The number of aromatic nitrogens is 4. The summed E-state index contributed by atoms with van der Waals surface area (Å²) in [6.45, 7) is 1.62.